The Hall–Kier alpha value is -2.92. The molecule has 3 rings (SSSR count). The maximum absolute atomic E-state index is 12.2. The van der Waals surface area contributed by atoms with Crippen molar-refractivity contribution >= 4 is 34.2 Å². The molecule has 1 amide bonds. The third-order valence-electron chi connectivity index (χ3n) is 4.55. The number of amides is 1. The number of nitrogens with one attached hydrogen (secondary N) is 2. The van der Waals surface area contributed by atoms with Crippen LogP contribution in [0.2, 0.25) is 5.02 Å². The lowest BCUT2D eigenvalue weighted by molar-refractivity contribution is -0.121. The number of benzene rings is 2. The van der Waals surface area contributed by atoms with Gasteiger partial charge in [-0.25, -0.2) is 0 Å². The van der Waals surface area contributed by atoms with E-state index in [0.717, 1.165) is 16.5 Å². The van der Waals surface area contributed by atoms with E-state index in [0.29, 0.717) is 29.1 Å². The lowest BCUT2D eigenvalue weighted by Gasteiger charge is -2.07. The molecule has 0 saturated carbocycles. The quantitative estimate of drug-likeness (QED) is 0.596. The van der Waals surface area contributed by atoms with Crippen molar-refractivity contribution in [3.63, 3.8) is 0 Å². The van der Waals surface area contributed by atoms with Gasteiger partial charge in [0.05, 0.1) is 5.02 Å². The van der Waals surface area contributed by atoms with Gasteiger partial charge in [0.25, 0.3) is 5.56 Å². The van der Waals surface area contributed by atoms with Gasteiger partial charge < -0.3 is 10.3 Å². The first-order chi connectivity index (χ1) is 13.4. The fourth-order valence-electron chi connectivity index (χ4n) is 3.02. The second kappa shape index (κ2) is 8.85. The van der Waals surface area contributed by atoms with Gasteiger partial charge in [-0.15, -0.1) is 0 Å². The average Bonchev–Trinajstić information content (AvgIpc) is 2.67. The third kappa shape index (κ3) is 4.87. The van der Waals surface area contributed by atoms with Crippen molar-refractivity contribution < 1.29 is 9.59 Å². The van der Waals surface area contributed by atoms with Crippen LogP contribution >= 0.6 is 11.6 Å². The summed E-state index contributed by atoms with van der Waals surface area (Å²) in [7, 11) is 0. The molecule has 3 aromatic rings. The number of ketones is 1. The number of hydrogen-bond acceptors (Lipinski definition) is 3. The molecule has 0 saturated heterocycles. The summed E-state index contributed by atoms with van der Waals surface area (Å²) in [5, 5.41) is 4.10. The minimum absolute atomic E-state index is 0.0808. The highest BCUT2D eigenvalue weighted by Crippen LogP contribution is 2.17. The van der Waals surface area contributed by atoms with Gasteiger partial charge in [-0.1, -0.05) is 35.9 Å². The first-order valence-electron chi connectivity index (χ1n) is 9.11. The zero-order chi connectivity index (χ0) is 20.1. The Kier molecular flexibility index (Phi) is 6.26. The fraction of sp³-hybridized carbons (Fsp3) is 0.227. The van der Waals surface area contributed by atoms with Crippen molar-refractivity contribution in [2.45, 2.75) is 26.2 Å². The van der Waals surface area contributed by atoms with E-state index >= 15 is 0 Å². The molecule has 0 radical (unpaired) electrons. The molecule has 0 fully saturated rings. The highest BCUT2D eigenvalue weighted by atomic mass is 35.5. The molecule has 0 bridgehead atoms. The molecule has 28 heavy (non-hydrogen) atoms. The van der Waals surface area contributed by atoms with Crippen LogP contribution in [0.3, 0.4) is 0 Å². The number of carbonyl (C=O) groups excluding carboxylic acids is 2. The Labute approximate surface area is 167 Å². The molecule has 0 spiro atoms. The fourth-order valence-corrected chi connectivity index (χ4v) is 3.26. The first kappa shape index (κ1) is 19.8. The molecule has 5 nitrogen and oxygen atoms in total. The van der Waals surface area contributed by atoms with Crippen LogP contribution in [-0.4, -0.2) is 23.2 Å². The molecule has 2 aromatic carbocycles. The number of H-pyrrole nitrogens is 1. The highest BCUT2D eigenvalue weighted by molar-refractivity contribution is 6.34. The standard InChI is InChI=1S/C22H21ClN2O3/c1-14-6-7-15-13-16(22(28)25-19(15)12-14)10-11-24-21(27)9-8-20(26)17-4-2-3-5-18(17)23/h2-7,12-13H,8-11H2,1H3,(H,24,27)(H,25,28). The second-order valence-electron chi connectivity index (χ2n) is 6.72. The summed E-state index contributed by atoms with van der Waals surface area (Å²) >= 11 is 6.00. The molecule has 6 heteroatoms. The minimum atomic E-state index is -0.228. The number of fused-ring (bicyclic) bond motifs is 1. The van der Waals surface area contributed by atoms with Crippen molar-refractivity contribution in [3.8, 4) is 0 Å². The first-order valence-corrected chi connectivity index (χ1v) is 9.49. The summed E-state index contributed by atoms with van der Waals surface area (Å²) in [6, 6.07) is 14.5. The number of aromatic amines is 1. The minimum Gasteiger partial charge on any atom is -0.356 e. The van der Waals surface area contributed by atoms with E-state index < -0.39 is 0 Å². The monoisotopic (exact) mass is 396 g/mol. The van der Waals surface area contributed by atoms with Crippen molar-refractivity contribution in [1.82, 2.24) is 10.3 Å². The number of Topliss-reactive ketones (excluding diaryl/α,β-unsaturated/α-hetero) is 1. The van der Waals surface area contributed by atoms with E-state index in [1.54, 1.807) is 24.3 Å². The maximum atomic E-state index is 12.2. The van der Waals surface area contributed by atoms with Gasteiger partial charge in [0.2, 0.25) is 5.91 Å². The van der Waals surface area contributed by atoms with Crippen LogP contribution in [0.5, 0.6) is 0 Å². The number of hydrogen-bond donors (Lipinski definition) is 2. The summed E-state index contributed by atoms with van der Waals surface area (Å²) in [5.41, 5.74) is 2.77. The average molecular weight is 397 g/mol. The Bertz CT molecular complexity index is 1090. The predicted molar refractivity (Wildman–Crippen MR) is 111 cm³/mol. The van der Waals surface area contributed by atoms with Crippen molar-refractivity contribution in [1.29, 1.82) is 0 Å². The highest BCUT2D eigenvalue weighted by Gasteiger charge is 2.12. The van der Waals surface area contributed by atoms with Gasteiger partial charge in [0.15, 0.2) is 5.78 Å². The van der Waals surface area contributed by atoms with Crippen molar-refractivity contribution in [3.05, 3.63) is 80.6 Å². The second-order valence-corrected chi connectivity index (χ2v) is 7.12. The molecule has 0 aliphatic heterocycles. The van der Waals surface area contributed by atoms with E-state index in [-0.39, 0.29) is 30.1 Å². The van der Waals surface area contributed by atoms with Crippen LogP contribution < -0.4 is 10.9 Å². The van der Waals surface area contributed by atoms with E-state index in [1.165, 1.54) is 0 Å². The molecular formula is C22H21ClN2O3. The summed E-state index contributed by atoms with van der Waals surface area (Å²) in [6.07, 6.45) is 0.590. The summed E-state index contributed by atoms with van der Waals surface area (Å²) in [5.74, 6) is -0.393. The van der Waals surface area contributed by atoms with E-state index in [9.17, 15) is 14.4 Å². The Morgan fingerprint density at radius 2 is 1.86 bits per heavy atom. The van der Waals surface area contributed by atoms with Crippen LogP contribution in [-0.2, 0) is 11.2 Å². The molecular weight excluding hydrogens is 376 g/mol. The van der Waals surface area contributed by atoms with E-state index in [2.05, 4.69) is 10.3 Å². The number of halogens is 1. The van der Waals surface area contributed by atoms with Gasteiger partial charge in [0, 0.05) is 36.0 Å². The van der Waals surface area contributed by atoms with Crippen molar-refractivity contribution in [2.24, 2.45) is 0 Å². The number of aromatic nitrogens is 1. The Balaban J connectivity index is 1.51. The van der Waals surface area contributed by atoms with Gasteiger partial charge in [-0.05, 0) is 48.6 Å². The predicted octanol–water partition coefficient (Wildman–Crippen LogP) is 3.81. The van der Waals surface area contributed by atoms with E-state index in [4.69, 9.17) is 11.6 Å². The van der Waals surface area contributed by atoms with Crippen molar-refractivity contribution in [2.75, 3.05) is 6.54 Å². The molecule has 2 N–H and O–H groups in total. The topological polar surface area (TPSA) is 79.0 Å². The van der Waals surface area contributed by atoms with Gasteiger partial charge in [0.1, 0.15) is 0 Å². The summed E-state index contributed by atoms with van der Waals surface area (Å²) < 4.78 is 0. The van der Waals surface area contributed by atoms with Crippen LogP contribution in [0.25, 0.3) is 10.9 Å². The molecule has 1 aromatic heterocycles. The Morgan fingerprint density at radius 3 is 2.64 bits per heavy atom. The zero-order valence-electron chi connectivity index (χ0n) is 15.5. The molecule has 0 aliphatic rings. The van der Waals surface area contributed by atoms with Crippen LogP contribution in [0.1, 0.15) is 34.3 Å². The number of aryl methyl sites for hydroxylation is 1. The van der Waals surface area contributed by atoms with Crippen LogP contribution in [0, 0.1) is 6.92 Å². The lowest BCUT2D eigenvalue weighted by Crippen LogP contribution is -2.27. The van der Waals surface area contributed by atoms with Crippen LogP contribution in [0.4, 0.5) is 0 Å². The molecule has 0 unspecified atom stereocenters. The van der Waals surface area contributed by atoms with Gasteiger partial charge in [-0.3, -0.25) is 14.4 Å². The van der Waals surface area contributed by atoms with Gasteiger partial charge in [-0.2, -0.15) is 0 Å². The molecule has 1 heterocycles. The number of pyridine rings is 1. The number of rotatable bonds is 7. The smallest absolute Gasteiger partial charge is 0.251 e. The molecule has 0 atom stereocenters. The van der Waals surface area contributed by atoms with E-state index in [1.807, 2.05) is 31.2 Å². The zero-order valence-corrected chi connectivity index (χ0v) is 16.3. The summed E-state index contributed by atoms with van der Waals surface area (Å²) in [6.45, 7) is 2.30. The molecule has 144 valence electrons. The summed E-state index contributed by atoms with van der Waals surface area (Å²) in [4.78, 5) is 39.2. The molecule has 0 aliphatic carbocycles. The SMILES string of the molecule is Cc1ccc2cc(CCNC(=O)CCC(=O)c3ccccc3Cl)c(=O)[nH]c2c1. The normalized spacial score (nSPS) is 10.8. The lowest BCUT2D eigenvalue weighted by atomic mass is 10.1. The maximum Gasteiger partial charge on any atom is 0.251 e. The third-order valence-corrected chi connectivity index (χ3v) is 4.88. The number of carbonyl (C=O) groups is 2. The van der Waals surface area contributed by atoms with Gasteiger partial charge >= 0.3 is 0 Å². The Morgan fingerprint density at radius 1 is 1.07 bits per heavy atom. The largest absolute Gasteiger partial charge is 0.356 e. The van der Waals surface area contributed by atoms with Crippen LogP contribution in [0.15, 0.2) is 53.3 Å².